The van der Waals surface area contributed by atoms with Crippen molar-refractivity contribution in [3.8, 4) is 11.1 Å². The highest BCUT2D eigenvalue weighted by molar-refractivity contribution is 6.08. The highest BCUT2D eigenvalue weighted by atomic mass is 16.3. The average molecular weight is 500 g/mol. The van der Waals surface area contributed by atoms with Crippen molar-refractivity contribution in [2.45, 2.75) is 44.6 Å². The Morgan fingerprint density at radius 3 is 2.89 bits per heavy atom. The van der Waals surface area contributed by atoms with E-state index in [9.17, 15) is 14.7 Å². The molecule has 0 spiro atoms. The summed E-state index contributed by atoms with van der Waals surface area (Å²) < 4.78 is 1.73. The lowest BCUT2D eigenvalue weighted by atomic mass is 9.83. The van der Waals surface area contributed by atoms with Gasteiger partial charge in [0.1, 0.15) is 12.4 Å². The molecule has 3 aliphatic heterocycles. The van der Waals surface area contributed by atoms with Gasteiger partial charge in [-0.25, -0.2) is 4.98 Å². The molecule has 190 valence electrons. The number of ketones is 1. The summed E-state index contributed by atoms with van der Waals surface area (Å²) in [5.41, 5.74) is 5.47. The number of hydrogen-bond acceptors (Lipinski definition) is 8. The van der Waals surface area contributed by atoms with Gasteiger partial charge in [0.15, 0.2) is 11.4 Å². The molecule has 10 nitrogen and oxygen atoms in total. The summed E-state index contributed by atoms with van der Waals surface area (Å²) in [4.78, 5) is 41.3. The molecule has 2 N–H and O–H groups in total. The van der Waals surface area contributed by atoms with Crippen LogP contribution >= 0.6 is 0 Å². The predicted octanol–water partition coefficient (Wildman–Crippen LogP) is 2.63. The molecule has 0 aromatic carbocycles. The van der Waals surface area contributed by atoms with Gasteiger partial charge in [0, 0.05) is 48.8 Å². The van der Waals surface area contributed by atoms with E-state index in [-0.39, 0.29) is 23.7 Å². The van der Waals surface area contributed by atoms with E-state index < -0.39 is 6.61 Å². The van der Waals surface area contributed by atoms with Crippen molar-refractivity contribution < 1.29 is 14.7 Å². The molecule has 2 unspecified atom stereocenters. The molecule has 3 aliphatic rings. The second-order valence-electron chi connectivity index (χ2n) is 9.70. The molecule has 1 amide bonds. The van der Waals surface area contributed by atoms with Gasteiger partial charge >= 0.3 is 0 Å². The van der Waals surface area contributed by atoms with Crippen LogP contribution in [-0.4, -0.2) is 79.3 Å². The molecule has 0 radical (unpaired) electrons. The largest absolute Gasteiger partial charge is 0.387 e. The number of aliphatic hydroxyl groups excluding tert-OH is 1. The van der Waals surface area contributed by atoms with Gasteiger partial charge in [-0.3, -0.25) is 19.6 Å². The van der Waals surface area contributed by atoms with Crippen molar-refractivity contribution in [3.05, 3.63) is 53.6 Å². The fraction of sp³-hybridized carbons (Fsp3) is 0.407. The second kappa shape index (κ2) is 9.51. The molecule has 10 heteroatoms. The Morgan fingerprint density at radius 2 is 2.16 bits per heavy atom. The topological polar surface area (TPSA) is 125 Å². The van der Waals surface area contributed by atoms with Crippen LogP contribution in [0.2, 0.25) is 0 Å². The number of anilines is 1. The average Bonchev–Trinajstić information content (AvgIpc) is 3.63. The van der Waals surface area contributed by atoms with Gasteiger partial charge in [0.05, 0.1) is 35.4 Å². The Labute approximate surface area is 214 Å². The minimum absolute atomic E-state index is 0.00703. The summed E-state index contributed by atoms with van der Waals surface area (Å²) in [6, 6.07) is 3.95. The molecule has 2 atom stereocenters. The Bertz CT molecular complexity index is 1440. The van der Waals surface area contributed by atoms with E-state index in [1.54, 1.807) is 15.6 Å². The Hall–Kier alpha value is -3.92. The molecular weight excluding hydrogens is 470 g/mol. The van der Waals surface area contributed by atoms with Crippen LogP contribution in [0, 0.1) is 0 Å². The first-order valence-corrected chi connectivity index (χ1v) is 12.9. The highest BCUT2D eigenvalue weighted by Gasteiger charge is 2.36. The lowest BCUT2D eigenvalue weighted by Crippen LogP contribution is -2.46. The van der Waals surface area contributed by atoms with Gasteiger partial charge < -0.3 is 15.3 Å². The number of aromatic nitrogens is 4. The molecule has 0 aliphatic carbocycles. The number of aliphatic imine (C=N–C) groups is 1. The fourth-order valence-electron chi connectivity index (χ4n) is 5.71. The Morgan fingerprint density at radius 1 is 1.27 bits per heavy atom. The van der Waals surface area contributed by atoms with Crippen molar-refractivity contribution in [3.63, 3.8) is 0 Å². The zero-order chi connectivity index (χ0) is 25.5. The monoisotopic (exact) mass is 499 g/mol. The zero-order valence-corrected chi connectivity index (χ0v) is 20.7. The molecule has 6 heterocycles. The predicted molar refractivity (Wildman–Crippen MR) is 139 cm³/mol. The summed E-state index contributed by atoms with van der Waals surface area (Å²) in [6.45, 7) is 3.32. The maximum absolute atomic E-state index is 13.2. The maximum Gasteiger partial charge on any atom is 0.248 e. The van der Waals surface area contributed by atoms with Crippen molar-refractivity contribution >= 4 is 28.9 Å². The third-order valence-corrected chi connectivity index (χ3v) is 7.61. The standard InChI is InChI=1S/C27H29N7O3/c1-2-18-12-16(8-11-33(18)23(37)15-35)25-24-22(36)7-10-29-27(24)34-26(32-25)19(14-31-34)17-5-6-21(30-13-17)20-4-3-9-28-20/h3-6,13-14,16,18,29,35H,2,7-12,15H2,1H3. The summed E-state index contributed by atoms with van der Waals surface area (Å²) in [5, 5.41) is 17.4. The normalized spacial score (nSPS) is 21.2. The van der Waals surface area contributed by atoms with E-state index >= 15 is 0 Å². The number of rotatable bonds is 5. The number of amides is 1. The molecule has 3 aromatic rings. The minimum Gasteiger partial charge on any atom is -0.387 e. The highest BCUT2D eigenvalue weighted by Crippen LogP contribution is 2.39. The van der Waals surface area contributed by atoms with Crippen LogP contribution in [0.4, 0.5) is 5.82 Å². The number of allylic oxidation sites excluding steroid dienone is 1. The van der Waals surface area contributed by atoms with E-state index in [1.807, 2.05) is 37.4 Å². The van der Waals surface area contributed by atoms with E-state index in [0.29, 0.717) is 55.9 Å². The lowest BCUT2D eigenvalue weighted by molar-refractivity contribution is -0.138. The molecule has 37 heavy (non-hydrogen) atoms. The molecule has 0 bridgehead atoms. The maximum atomic E-state index is 13.2. The molecular formula is C27H29N7O3. The van der Waals surface area contributed by atoms with E-state index in [4.69, 9.17) is 4.98 Å². The number of fused-ring (bicyclic) bond motifs is 3. The van der Waals surface area contributed by atoms with E-state index in [0.717, 1.165) is 34.6 Å². The second-order valence-corrected chi connectivity index (χ2v) is 9.70. The third-order valence-electron chi connectivity index (χ3n) is 7.61. The first-order chi connectivity index (χ1) is 18.1. The number of carbonyl (C=O) groups is 2. The van der Waals surface area contributed by atoms with E-state index in [1.165, 1.54) is 0 Å². The Balaban J connectivity index is 1.43. The summed E-state index contributed by atoms with van der Waals surface area (Å²) >= 11 is 0. The molecule has 3 aromatic heterocycles. The Kier molecular flexibility index (Phi) is 6.03. The van der Waals surface area contributed by atoms with Crippen LogP contribution in [0.15, 0.2) is 41.7 Å². The van der Waals surface area contributed by atoms with Crippen molar-refractivity contribution in [2.75, 3.05) is 31.6 Å². The van der Waals surface area contributed by atoms with E-state index in [2.05, 4.69) is 20.4 Å². The molecule has 1 fully saturated rings. The van der Waals surface area contributed by atoms with Crippen molar-refractivity contribution in [1.29, 1.82) is 0 Å². The number of likely N-dealkylation sites (tertiary alicyclic amines) is 1. The van der Waals surface area contributed by atoms with Gasteiger partial charge in [-0.15, -0.1) is 0 Å². The SMILES string of the molecule is CCC1CC(c2nc3c(-c4ccc(C5=NCC=C5)nc4)cnn3c3c2C(=O)CCN3)CCN1C(=O)CO. The quantitative estimate of drug-likeness (QED) is 0.553. The lowest BCUT2D eigenvalue weighted by Gasteiger charge is -2.39. The number of hydrogen-bond donors (Lipinski definition) is 2. The van der Waals surface area contributed by atoms with Gasteiger partial charge in [-0.1, -0.05) is 19.1 Å². The summed E-state index contributed by atoms with van der Waals surface area (Å²) in [7, 11) is 0. The molecule has 0 saturated carbocycles. The van der Waals surface area contributed by atoms with Gasteiger partial charge in [-0.2, -0.15) is 9.61 Å². The summed E-state index contributed by atoms with van der Waals surface area (Å²) in [5.74, 6) is 0.514. The number of piperidine rings is 1. The number of Topliss-reactive ketones (excluding diaryl/α,β-unsaturated/α-hetero) is 1. The van der Waals surface area contributed by atoms with Gasteiger partial charge in [0.2, 0.25) is 5.91 Å². The van der Waals surface area contributed by atoms with Gasteiger partial charge in [0.25, 0.3) is 0 Å². The van der Waals surface area contributed by atoms with Crippen molar-refractivity contribution in [1.82, 2.24) is 24.5 Å². The molecule has 1 saturated heterocycles. The number of nitrogens with one attached hydrogen (secondary N) is 1. The molecule has 6 rings (SSSR count). The van der Waals surface area contributed by atoms with Crippen LogP contribution in [0.5, 0.6) is 0 Å². The smallest absolute Gasteiger partial charge is 0.248 e. The van der Waals surface area contributed by atoms with Crippen molar-refractivity contribution in [2.24, 2.45) is 4.99 Å². The first-order valence-electron chi connectivity index (χ1n) is 12.9. The minimum atomic E-state index is -0.487. The first kappa shape index (κ1) is 23.5. The fourth-order valence-corrected chi connectivity index (χ4v) is 5.71. The number of carbonyl (C=O) groups excluding carboxylic acids is 2. The van der Waals surface area contributed by atoms with Crippen LogP contribution in [0.25, 0.3) is 16.8 Å². The third kappa shape index (κ3) is 4.01. The number of aliphatic hydroxyl groups is 1. The van der Waals surface area contributed by atoms with Crippen LogP contribution in [0.1, 0.15) is 60.3 Å². The van der Waals surface area contributed by atoms with Gasteiger partial charge in [-0.05, 0) is 31.4 Å². The zero-order valence-electron chi connectivity index (χ0n) is 20.7. The number of nitrogens with zero attached hydrogens (tertiary/aromatic N) is 6. The van der Waals surface area contributed by atoms with Crippen LogP contribution in [-0.2, 0) is 4.79 Å². The van der Waals surface area contributed by atoms with Crippen LogP contribution in [0.3, 0.4) is 0 Å². The van der Waals surface area contributed by atoms with Crippen LogP contribution < -0.4 is 5.32 Å². The summed E-state index contributed by atoms with van der Waals surface area (Å²) in [6.07, 6.45) is 10.1. The number of pyridine rings is 1.